The zero-order valence-corrected chi connectivity index (χ0v) is 27.1. The van der Waals surface area contributed by atoms with Gasteiger partial charge in [-0.15, -0.1) is 0 Å². The first kappa shape index (κ1) is 33.5. The quantitative estimate of drug-likeness (QED) is 0.252. The first-order valence-electron chi connectivity index (χ1n) is 13.2. The lowest BCUT2D eigenvalue weighted by Gasteiger charge is -2.33. The molecule has 1 N–H and O–H groups in total. The molecule has 0 unspecified atom stereocenters. The lowest BCUT2D eigenvalue weighted by Crippen LogP contribution is -2.54. The van der Waals surface area contributed by atoms with Crippen molar-refractivity contribution < 1.29 is 22.7 Å². The molecule has 0 fully saturated rings. The van der Waals surface area contributed by atoms with E-state index in [2.05, 4.69) is 5.32 Å². The SMILES string of the molecule is CCOc1ccccc1N(CC(=O)N(Cc1ccc(Cl)c(Cl)c1)[C@H](C)C(=O)NC(C)(C)C)S(=O)(=O)c1ccc(Cl)cc1. The molecule has 0 aliphatic rings. The highest BCUT2D eigenvalue weighted by Crippen LogP contribution is 2.33. The first-order chi connectivity index (χ1) is 19.6. The number of benzene rings is 3. The Hall–Kier alpha value is -2.98. The number of ether oxygens (including phenoxy) is 1. The van der Waals surface area contributed by atoms with Crippen LogP contribution in [0.3, 0.4) is 0 Å². The Morgan fingerprint density at radius 2 is 1.60 bits per heavy atom. The maximum atomic E-state index is 14.1. The summed E-state index contributed by atoms with van der Waals surface area (Å²) >= 11 is 18.3. The molecule has 42 heavy (non-hydrogen) atoms. The van der Waals surface area contributed by atoms with Gasteiger partial charge < -0.3 is 15.0 Å². The Balaban J connectivity index is 2.10. The average molecular weight is 655 g/mol. The van der Waals surface area contributed by atoms with Gasteiger partial charge in [0.05, 0.1) is 27.2 Å². The molecule has 0 radical (unpaired) electrons. The molecule has 0 spiro atoms. The van der Waals surface area contributed by atoms with E-state index >= 15 is 0 Å². The number of anilines is 1. The van der Waals surface area contributed by atoms with E-state index in [9.17, 15) is 18.0 Å². The smallest absolute Gasteiger partial charge is 0.264 e. The van der Waals surface area contributed by atoms with Gasteiger partial charge in [-0.3, -0.25) is 13.9 Å². The average Bonchev–Trinajstić information content (AvgIpc) is 2.91. The van der Waals surface area contributed by atoms with E-state index in [4.69, 9.17) is 39.5 Å². The summed E-state index contributed by atoms with van der Waals surface area (Å²) in [5, 5.41) is 3.87. The van der Waals surface area contributed by atoms with Gasteiger partial charge in [-0.2, -0.15) is 0 Å². The number of hydrogen-bond acceptors (Lipinski definition) is 5. The third-order valence-electron chi connectivity index (χ3n) is 6.12. The fraction of sp³-hybridized carbons (Fsp3) is 0.333. The number of rotatable bonds is 11. The van der Waals surface area contributed by atoms with Crippen LogP contribution in [0.25, 0.3) is 0 Å². The van der Waals surface area contributed by atoms with Gasteiger partial charge >= 0.3 is 0 Å². The van der Waals surface area contributed by atoms with Gasteiger partial charge in [0.2, 0.25) is 11.8 Å². The molecule has 0 bridgehead atoms. The van der Waals surface area contributed by atoms with Crippen molar-refractivity contribution in [3.63, 3.8) is 0 Å². The van der Waals surface area contributed by atoms with E-state index in [0.29, 0.717) is 15.6 Å². The van der Waals surface area contributed by atoms with Gasteiger partial charge in [0.1, 0.15) is 18.3 Å². The molecule has 1 atom stereocenters. The van der Waals surface area contributed by atoms with E-state index in [1.807, 2.05) is 20.8 Å². The Labute approximate surface area is 262 Å². The van der Waals surface area contributed by atoms with Crippen molar-refractivity contribution >= 4 is 62.3 Å². The molecule has 8 nitrogen and oxygen atoms in total. The third-order valence-corrected chi connectivity index (χ3v) is 8.88. The first-order valence-corrected chi connectivity index (χ1v) is 15.8. The standard InChI is InChI=1S/C30H34Cl3N3O5S/c1-6-41-27-10-8-7-9-26(27)36(42(39,40)23-14-12-22(31)13-15-23)19-28(37)35(20(2)29(38)34-30(3,4)5)18-21-11-16-24(32)25(33)17-21/h7-17,20H,6,18-19H2,1-5H3,(H,34,38)/t20-/m1/s1. The van der Waals surface area contributed by atoms with Crippen molar-refractivity contribution in [2.45, 2.75) is 57.6 Å². The summed E-state index contributed by atoms with van der Waals surface area (Å²) in [4.78, 5) is 28.6. The maximum absolute atomic E-state index is 14.1. The molecule has 3 rings (SSSR count). The summed E-state index contributed by atoms with van der Waals surface area (Å²) in [6.45, 7) is 8.46. The van der Waals surface area contributed by atoms with Crippen molar-refractivity contribution in [1.29, 1.82) is 0 Å². The number of para-hydroxylation sites is 2. The van der Waals surface area contributed by atoms with Gasteiger partial charge in [0.15, 0.2) is 0 Å². The molecule has 0 saturated heterocycles. The highest BCUT2D eigenvalue weighted by molar-refractivity contribution is 7.92. The van der Waals surface area contributed by atoms with Gasteiger partial charge in [-0.1, -0.05) is 53.0 Å². The Morgan fingerprint density at radius 3 is 2.19 bits per heavy atom. The monoisotopic (exact) mass is 653 g/mol. The maximum Gasteiger partial charge on any atom is 0.264 e. The molecule has 0 aliphatic carbocycles. The van der Waals surface area contributed by atoms with E-state index in [1.54, 1.807) is 56.3 Å². The number of amides is 2. The lowest BCUT2D eigenvalue weighted by molar-refractivity contribution is -0.140. The van der Waals surface area contributed by atoms with Gasteiger partial charge in [0, 0.05) is 17.1 Å². The Morgan fingerprint density at radius 1 is 0.952 bits per heavy atom. The molecule has 0 heterocycles. The van der Waals surface area contributed by atoms with E-state index in [0.717, 1.165) is 4.31 Å². The van der Waals surface area contributed by atoms with E-state index < -0.39 is 40.0 Å². The fourth-order valence-corrected chi connectivity index (χ4v) is 5.95. The second-order valence-electron chi connectivity index (χ2n) is 10.6. The summed E-state index contributed by atoms with van der Waals surface area (Å²) < 4.78 is 34.8. The molecule has 226 valence electrons. The number of halogens is 3. The van der Waals surface area contributed by atoms with Crippen LogP contribution in [-0.2, 0) is 26.2 Å². The van der Waals surface area contributed by atoms with Gasteiger partial charge in [-0.25, -0.2) is 8.42 Å². The van der Waals surface area contributed by atoms with Crippen LogP contribution >= 0.6 is 34.8 Å². The number of carbonyl (C=O) groups is 2. The predicted octanol–water partition coefficient (Wildman–Crippen LogP) is 6.57. The van der Waals surface area contributed by atoms with E-state index in [1.165, 1.54) is 29.2 Å². The number of nitrogens with zero attached hydrogens (tertiary/aromatic N) is 2. The van der Waals surface area contributed by atoms with Crippen LogP contribution in [0.15, 0.2) is 71.6 Å². The molecule has 0 aromatic heterocycles. The van der Waals surface area contributed by atoms with Crippen LogP contribution in [0.1, 0.15) is 40.2 Å². The van der Waals surface area contributed by atoms with Crippen LogP contribution in [-0.4, -0.2) is 49.9 Å². The molecule has 3 aromatic rings. The minimum atomic E-state index is -4.29. The molecule has 12 heteroatoms. The normalized spacial score (nSPS) is 12.4. The summed E-state index contributed by atoms with van der Waals surface area (Å²) in [7, 11) is -4.29. The van der Waals surface area contributed by atoms with Crippen molar-refractivity contribution in [1.82, 2.24) is 10.2 Å². The summed E-state index contributed by atoms with van der Waals surface area (Å²) in [6.07, 6.45) is 0. The molecule has 2 amide bonds. The number of nitrogens with one attached hydrogen (secondary N) is 1. The molecular weight excluding hydrogens is 621 g/mol. The lowest BCUT2D eigenvalue weighted by atomic mass is 10.1. The van der Waals surface area contributed by atoms with Gasteiger partial charge in [0.25, 0.3) is 10.0 Å². The highest BCUT2D eigenvalue weighted by Gasteiger charge is 2.34. The van der Waals surface area contributed by atoms with Gasteiger partial charge in [-0.05, 0) is 88.7 Å². The van der Waals surface area contributed by atoms with Crippen LogP contribution in [0, 0.1) is 0 Å². The van der Waals surface area contributed by atoms with Crippen LogP contribution in [0.5, 0.6) is 5.75 Å². The summed E-state index contributed by atoms with van der Waals surface area (Å²) in [5.74, 6) is -0.751. The predicted molar refractivity (Wildman–Crippen MR) is 168 cm³/mol. The van der Waals surface area contributed by atoms with Crippen LogP contribution in [0.4, 0.5) is 5.69 Å². The van der Waals surface area contributed by atoms with Crippen LogP contribution < -0.4 is 14.4 Å². The molecule has 3 aromatic carbocycles. The second kappa shape index (κ2) is 14.0. The van der Waals surface area contributed by atoms with Crippen molar-refractivity contribution in [2.75, 3.05) is 17.5 Å². The van der Waals surface area contributed by atoms with Crippen molar-refractivity contribution in [3.8, 4) is 5.75 Å². The number of carbonyl (C=O) groups excluding carboxylic acids is 2. The largest absolute Gasteiger partial charge is 0.492 e. The second-order valence-corrected chi connectivity index (χ2v) is 13.7. The summed E-state index contributed by atoms with van der Waals surface area (Å²) in [5.41, 5.74) is 0.211. The van der Waals surface area contributed by atoms with Crippen LogP contribution in [0.2, 0.25) is 15.1 Å². The summed E-state index contributed by atoms with van der Waals surface area (Å²) in [6, 6.07) is 16.1. The van der Waals surface area contributed by atoms with Crippen molar-refractivity contribution in [3.05, 3.63) is 87.4 Å². The number of hydrogen-bond donors (Lipinski definition) is 1. The third kappa shape index (κ3) is 8.53. The topological polar surface area (TPSA) is 96.0 Å². The highest BCUT2D eigenvalue weighted by atomic mass is 35.5. The zero-order chi connectivity index (χ0) is 31.2. The Bertz CT molecular complexity index is 1530. The minimum Gasteiger partial charge on any atom is -0.492 e. The number of sulfonamides is 1. The Kier molecular flexibility index (Phi) is 11.2. The molecule has 0 saturated carbocycles. The molecule has 0 aliphatic heterocycles. The van der Waals surface area contributed by atoms with E-state index in [-0.39, 0.29) is 34.5 Å². The zero-order valence-electron chi connectivity index (χ0n) is 24.0. The minimum absolute atomic E-state index is 0.0314. The fourth-order valence-electron chi connectivity index (χ4n) is 4.08. The van der Waals surface area contributed by atoms with Crippen molar-refractivity contribution in [2.24, 2.45) is 0 Å². The molecular formula is C30H34Cl3N3O5S.